The zero-order valence-corrected chi connectivity index (χ0v) is 15.2. The van der Waals surface area contributed by atoms with Crippen LogP contribution in [-0.2, 0) is 4.74 Å². The van der Waals surface area contributed by atoms with Crippen molar-refractivity contribution in [1.29, 1.82) is 0 Å². The summed E-state index contributed by atoms with van der Waals surface area (Å²) in [5.41, 5.74) is 1.17. The highest BCUT2D eigenvalue weighted by Crippen LogP contribution is 2.20. The SMILES string of the molecule is COC(=O)c1ccccc1Nc1cc(C(=O)NCCCN(C)C)ncn1. The molecule has 0 saturated carbocycles. The quantitative estimate of drug-likeness (QED) is 0.548. The summed E-state index contributed by atoms with van der Waals surface area (Å²) in [6.45, 7) is 1.45. The molecule has 0 unspecified atom stereocenters. The minimum absolute atomic E-state index is 0.253. The minimum atomic E-state index is -0.457. The van der Waals surface area contributed by atoms with E-state index < -0.39 is 5.97 Å². The molecule has 26 heavy (non-hydrogen) atoms. The molecule has 0 aliphatic carbocycles. The number of ether oxygens (including phenoxy) is 1. The van der Waals surface area contributed by atoms with Crippen LogP contribution >= 0.6 is 0 Å². The second-order valence-corrected chi connectivity index (χ2v) is 5.86. The maximum absolute atomic E-state index is 12.2. The third-order valence-electron chi connectivity index (χ3n) is 3.56. The Bertz CT molecular complexity index is 764. The summed E-state index contributed by atoms with van der Waals surface area (Å²) in [5, 5.41) is 5.85. The van der Waals surface area contributed by atoms with Gasteiger partial charge in [-0.25, -0.2) is 14.8 Å². The molecule has 1 amide bonds. The number of esters is 1. The number of nitrogens with zero attached hydrogens (tertiary/aromatic N) is 3. The van der Waals surface area contributed by atoms with E-state index in [-0.39, 0.29) is 11.6 Å². The average Bonchev–Trinajstić information content (AvgIpc) is 2.65. The van der Waals surface area contributed by atoms with E-state index in [4.69, 9.17) is 4.74 Å². The first-order valence-corrected chi connectivity index (χ1v) is 8.20. The van der Waals surface area contributed by atoms with Crippen LogP contribution in [0.15, 0.2) is 36.7 Å². The molecule has 0 bridgehead atoms. The highest BCUT2D eigenvalue weighted by molar-refractivity contribution is 5.96. The van der Waals surface area contributed by atoms with Crippen molar-refractivity contribution in [3.63, 3.8) is 0 Å². The van der Waals surface area contributed by atoms with Gasteiger partial charge in [-0.3, -0.25) is 4.79 Å². The van der Waals surface area contributed by atoms with E-state index in [0.717, 1.165) is 13.0 Å². The molecule has 0 spiro atoms. The highest BCUT2D eigenvalue weighted by atomic mass is 16.5. The molecule has 2 aromatic rings. The first kappa shape index (κ1) is 19.3. The minimum Gasteiger partial charge on any atom is -0.465 e. The second-order valence-electron chi connectivity index (χ2n) is 5.86. The third-order valence-corrected chi connectivity index (χ3v) is 3.56. The van der Waals surface area contributed by atoms with Gasteiger partial charge in [0.25, 0.3) is 5.91 Å². The maximum Gasteiger partial charge on any atom is 0.339 e. The standard InChI is InChI=1S/C18H23N5O3/c1-23(2)10-6-9-19-17(24)15-11-16(21-12-20-15)22-14-8-5-4-7-13(14)18(25)26-3/h4-5,7-8,11-12H,6,9-10H2,1-3H3,(H,19,24)(H,20,21,22). The zero-order chi connectivity index (χ0) is 18.9. The van der Waals surface area contributed by atoms with Crippen molar-refractivity contribution in [3.05, 3.63) is 47.9 Å². The van der Waals surface area contributed by atoms with Crippen LogP contribution in [0.1, 0.15) is 27.3 Å². The molecule has 2 N–H and O–H groups in total. The van der Waals surface area contributed by atoms with Crippen LogP contribution in [0.5, 0.6) is 0 Å². The number of hydrogen-bond acceptors (Lipinski definition) is 7. The number of rotatable bonds is 8. The molecule has 0 aliphatic heterocycles. The van der Waals surface area contributed by atoms with Crippen molar-refractivity contribution in [2.75, 3.05) is 39.6 Å². The predicted molar refractivity (Wildman–Crippen MR) is 98.6 cm³/mol. The Labute approximate surface area is 152 Å². The number of carbonyl (C=O) groups is 2. The summed E-state index contributed by atoms with van der Waals surface area (Å²) < 4.78 is 4.77. The van der Waals surface area contributed by atoms with Gasteiger partial charge in [-0.1, -0.05) is 12.1 Å². The van der Waals surface area contributed by atoms with Crippen LogP contribution in [0, 0.1) is 0 Å². The summed E-state index contributed by atoms with van der Waals surface area (Å²) in [6, 6.07) is 8.44. The van der Waals surface area contributed by atoms with E-state index in [2.05, 4.69) is 25.5 Å². The van der Waals surface area contributed by atoms with Crippen molar-refractivity contribution in [1.82, 2.24) is 20.2 Å². The van der Waals surface area contributed by atoms with Gasteiger partial charge in [0.15, 0.2) is 0 Å². The molecule has 0 fully saturated rings. The van der Waals surface area contributed by atoms with E-state index in [1.807, 2.05) is 14.1 Å². The maximum atomic E-state index is 12.2. The molecular weight excluding hydrogens is 334 g/mol. The van der Waals surface area contributed by atoms with Gasteiger partial charge in [-0.05, 0) is 39.2 Å². The van der Waals surface area contributed by atoms with Crippen molar-refractivity contribution in [3.8, 4) is 0 Å². The van der Waals surface area contributed by atoms with Gasteiger partial charge in [-0.2, -0.15) is 0 Å². The fourth-order valence-corrected chi connectivity index (χ4v) is 2.26. The smallest absolute Gasteiger partial charge is 0.339 e. The molecule has 1 aromatic heterocycles. The number of nitrogens with one attached hydrogen (secondary N) is 2. The van der Waals surface area contributed by atoms with E-state index in [0.29, 0.717) is 23.6 Å². The molecule has 138 valence electrons. The van der Waals surface area contributed by atoms with E-state index in [9.17, 15) is 9.59 Å². The zero-order valence-electron chi connectivity index (χ0n) is 15.2. The number of aromatic nitrogens is 2. The van der Waals surface area contributed by atoms with Crippen LogP contribution in [-0.4, -0.2) is 61.0 Å². The Morgan fingerprint density at radius 3 is 2.69 bits per heavy atom. The second kappa shape index (κ2) is 9.47. The van der Waals surface area contributed by atoms with Crippen LogP contribution < -0.4 is 10.6 Å². The first-order chi connectivity index (χ1) is 12.5. The van der Waals surface area contributed by atoms with Gasteiger partial charge in [0.2, 0.25) is 0 Å². The van der Waals surface area contributed by atoms with Crippen molar-refractivity contribution >= 4 is 23.4 Å². The summed E-state index contributed by atoms with van der Waals surface area (Å²) in [6.07, 6.45) is 2.15. The van der Waals surface area contributed by atoms with Gasteiger partial charge in [-0.15, -0.1) is 0 Å². The van der Waals surface area contributed by atoms with E-state index >= 15 is 0 Å². The number of carbonyl (C=O) groups excluding carboxylic acids is 2. The van der Waals surface area contributed by atoms with Gasteiger partial charge in [0, 0.05) is 12.6 Å². The number of amides is 1. The number of benzene rings is 1. The largest absolute Gasteiger partial charge is 0.465 e. The molecule has 1 aromatic carbocycles. The predicted octanol–water partition coefficient (Wildman–Crippen LogP) is 1.69. The lowest BCUT2D eigenvalue weighted by Gasteiger charge is -2.11. The fraction of sp³-hybridized carbons (Fsp3) is 0.333. The van der Waals surface area contributed by atoms with Crippen molar-refractivity contribution < 1.29 is 14.3 Å². The molecule has 8 heteroatoms. The normalized spacial score (nSPS) is 10.5. The third kappa shape index (κ3) is 5.52. The Morgan fingerprint density at radius 2 is 1.96 bits per heavy atom. The highest BCUT2D eigenvalue weighted by Gasteiger charge is 2.13. The Balaban J connectivity index is 2.06. The Morgan fingerprint density at radius 1 is 1.19 bits per heavy atom. The molecule has 0 saturated heterocycles. The Kier molecular flexibility index (Phi) is 7.04. The van der Waals surface area contributed by atoms with E-state index in [1.165, 1.54) is 19.5 Å². The van der Waals surface area contributed by atoms with Gasteiger partial charge in [0.1, 0.15) is 17.8 Å². The van der Waals surface area contributed by atoms with Crippen LogP contribution in [0.25, 0.3) is 0 Å². The number of methoxy groups -OCH3 is 1. The van der Waals surface area contributed by atoms with Crippen molar-refractivity contribution in [2.45, 2.75) is 6.42 Å². The molecule has 1 heterocycles. The lowest BCUT2D eigenvalue weighted by molar-refractivity contribution is 0.0601. The molecule has 0 aliphatic rings. The van der Waals surface area contributed by atoms with Crippen molar-refractivity contribution in [2.24, 2.45) is 0 Å². The van der Waals surface area contributed by atoms with Gasteiger partial charge >= 0.3 is 5.97 Å². The van der Waals surface area contributed by atoms with Crippen LogP contribution in [0.2, 0.25) is 0 Å². The molecule has 0 atom stereocenters. The summed E-state index contributed by atoms with van der Waals surface area (Å²) in [5.74, 6) is -0.314. The van der Waals surface area contributed by atoms with Crippen LogP contribution in [0.4, 0.5) is 11.5 Å². The van der Waals surface area contributed by atoms with Crippen LogP contribution in [0.3, 0.4) is 0 Å². The average molecular weight is 357 g/mol. The monoisotopic (exact) mass is 357 g/mol. The molecule has 8 nitrogen and oxygen atoms in total. The molecule has 2 rings (SSSR count). The molecule has 0 radical (unpaired) electrons. The number of anilines is 2. The number of para-hydroxylation sites is 1. The summed E-state index contributed by atoms with van der Waals surface area (Å²) >= 11 is 0. The summed E-state index contributed by atoms with van der Waals surface area (Å²) in [4.78, 5) is 34.2. The fourth-order valence-electron chi connectivity index (χ4n) is 2.26. The van der Waals surface area contributed by atoms with E-state index in [1.54, 1.807) is 24.3 Å². The lowest BCUT2D eigenvalue weighted by atomic mass is 10.2. The van der Waals surface area contributed by atoms with Gasteiger partial charge in [0.05, 0.1) is 18.4 Å². The topological polar surface area (TPSA) is 96.4 Å². The lowest BCUT2D eigenvalue weighted by Crippen LogP contribution is -2.27. The Hall–Kier alpha value is -3.00. The molecular formula is C18H23N5O3. The number of hydrogen-bond donors (Lipinski definition) is 2. The van der Waals surface area contributed by atoms with Gasteiger partial charge < -0.3 is 20.3 Å². The first-order valence-electron chi connectivity index (χ1n) is 8.20. The summed E-state index contributed by atoms with van der Waals surface area (Å²) in [7, 11) is 5.29.